The Kier molecular flexibility index (Phi) is 4.07. The Hall–Kier alpha value is -2.19. The van der Waals surface area contributed by atoms with Crippen molar-refractivity contribution in [1.29, 1.82) is 0 Å². The van der Waals surface area contributed by atoms with Crippen molar-refractivity contribution in [2.45, 2.75) is 13.1 Å². The molecule has 0 spiro atoms. The first-order chi connectivity index (χ1) is 8.60. The number of carboxylic acids is 1. The molecular formula is C10H12F3N3O3. The van der Waals surface area contributed by atoms with Crippen molar-refractivity contribution in [2.24, 2.45) is 0 Å². The van der Waals surface area contributed by atoms with Crippen LogP contribution in [0.15, 0.2) is 6.07 Å². The van der Waals surface area contributed by atoms with Crippen molar-refractivity contribution in [1.82, 2.24) is 9.88 Å². The lowest BCUT2D eigenvalue weighted by Gasteiger charge is -2.19. The van der Waals surface area contributed by atoms with Gasteiger partial charge in [0.05, 0.1) is 5.69 Å². The number of aromatic amines is 1. The van der Waals surface area contributed by atoms with Crippen LogP contribution >= 0.6 is 0 Å². The molecule has 2 amide bonds. The summed E-state index contributed by atoms with van der Waals surface area (Å²) in [5.74, 6) is -1.32. The first-order valence-electron chi connectivity index (χ1n) is 5.12. The molecule has 0 saturated heterocycles. The molecule has 1 heterocycles. The van der Waals surface area contributed by atoms with E-state index in [9.17, 15) is 22.8 Å². The summed E-state index contributed by atoms with van der Waals surface area (Å²) in [6.07, 6.45) is -4.52. The first-order valence-corrected chi connectivity index (χ1v) is 5.12. The molecule has 1 rings (SSSR count). The largest absolute Gasteiger partial charge is 0.477 e. The van der Waals surface area contributed by atoms with E-state index in [1.165, 1.54) is 6.07 Å². The smallest absolute Gasteiger partial charge is 0.406 e. The van der Waals surface area contributed by atoms with Crippen molar-refractivity contribution < 1.29 is 27.9 Å². The van der Waals surface area contributed by atoms with E-state index in [0.717, 1.165) is 7.05 Å². The molecule has 1 aromatic heterocycles. The Morgan fingerprint density at radius 2 is 2.05 bits per heavy atom. The summed E-state index contributed by atoms with van der Waals surface area (Å²) in [6.45, 7) is 0.131. The maximum absolute atomic E-state index is 12.1. The van der Waals surface area contributed by atoms with Crippen LogP contribution in [0, 0.1) is 6.92 Å². The van der Waals surface area contributed by atoms with Gasteiger partial charge in [0.1, 0.15) is 12.2 Å². The summed E-state index contributed by atoms with van der Waals surface area (Å²) in [7, 11) is 0.961. The quantitative estimate of drug-likeness (QED) is 0.791. The maximum Gasteiger partial charge on any atom is 0.406 e. The van der Waals surface area contributed by atoms with Crippen molar-refractivity contribution in [3.05, 3.63) is 17.5 Å². The predicted octanol–water partition coefficient (Wildman–Crippen LogP) is 2.05. The fourth-order valence-electron chi connectivity index (χ4n) is 1.41. The van der Waals surface area contributed by atoms with Gasteiger partial charge in [-0.1, -0.05) is 0 Å². The Balaban J connectivity index is 2.80. The number of carbonyl (C=O) groups is 2. The lowest BCUT2D eigenvalue weighted by molar-refractivity contribution is -0.137. The van der Waals surface area contributed by atoms with E-state index >= 15 is 0 Å². The Morgan fingerprint density at radius 1 is 1.47 bits per heavy atom. The average Bonchev–Trinajstić information content (AvgIpc) is 2.56. The van der Waals surface area contributed by atoms with Crippen LogP contribution in [0.4, 0.5) is 23.7 Å². The molecule has 0 aliphatic rings. The summed E-state index contributed by atoms with van der Waals surface area (Å²) >= 11 is 0. The van der Waals surface area contributed by atoms with E-state index in [1.807, 2.05) is 0 Å². The number of nitrogens with one attached hydrogen (secondary N) is 2. The van der Waals surface area contributed by atoms with Crippen LogP contribution in [0.2, 0.25) is 0 Å². The van der Waals surface area contributed by atoms with Crippen LogP contribution in [0.1, 0.15) is 16.2 Å². The van der Waals surface area contributed by atoms with Crippen molar-refractivity contribution >= 4 is 17.7 Å². The van der Waals surface area contributed by atoms with E-state index in [2.05, 4.69) is 10.3 Å². The van der Waals surface area contributed by atoms with Gasteiger partial charge in [0.25, 0.3) is 0 Å². The monoisotopic (exact) mass is 279 g/mol. The van der Waals surface area contributed by atoms with Crippen LogP contribution in [0.5, 0.6) is 0 Å². The number of aromatic carboxylic acids is 1. The van der Waals surface area contributed by atoms with Crippen LogP contribution in [0.25, 0.3) is 0 Å². The highest BCUT2D eigenvalue weighted by Gasteiger charge is 2.31. The third kappa shape index (κ3) is 4.19. The number of urea groups is 1. The number of carbonyl (C=O) groups excluding carboxylic acids is 1. The fourth-order valence-corrected chi connectivity index (χ4v) is 1.41. The molecule has 0 aliphatic heterocycles. The van der Waals surface area contributed by atoms with Crippen molar-refractivity contribution in [2.75, 3.05) is 18.9 Å². The molecule has 0 fully saturated rings. The molecule has 0 radical (unpaired) electrons. The summed E-state index contributed by atoms with van der Waals surface area (Å²) in [6, 6.07) is 0.279. The Bertz CT molecular complexity index is 496. The number of aromatic nitrogens is 1. The minimum absolute atomic E-state index is 0.0796. The number of halogens is 3. The highest BCUT2D eigenvalue weighted by atomic mass is 19.4. The number of hydrogen-bond donors (Lipinski definition) is 3. The summed E-state index contributed by atoms with van der Waals surface area (Å²) in [5.41, 5.74) is 0.0986. The third-order valence-corrected chi connectivity index (χ3v) is 2.17. The van der Waals surface area contributed by atoms with E-state index in [-0.39, 0.29) is 11.4 Å². The van der Waals surface area contributed by atoms with E-state index in [1.54, 1.807) is 6.92 Å². The van der Waals surface area contributed by atoms with Crippen molar-refractivity contribution in [3.63, 3.8) is 0 Å². The maximum atomic E-state index is 12.1. The molecule has 3 N–H and O–H groups in total. The topological polar surface area (TPSA) is 85.4 Å². The number of hydrogen-bond acceptors (Lipinski definition) is 2. The predicted molar refractivity (Wildman–Crippen MR) is 60.2 cm³/mol. The molecule has 0 aromatic carbocycles. The highest BCUT2D eigenvalue weighted by molar-refractivity contribution is 5.99. The average molecular weight is 279 g/mol. The zero-order valence-corrected chi connectivity index (χ0v) is 10.1. The number of rotatable bonds is 3. The molecule has 0 unspecified atom stereocenters. The number of anilines is 1. The second-order valence-corrected chi connectivity index (χ2v) is 3.95. The van der Waals surface area contributed by atoms with Gasteiger partial charge in [0, 0.05) is 12.7 Å². The standard InChI is InChI=1S/C10H12F3N3O3/c1-5-3-6(7(14-5)8(17)18)15-9(19)16(2)4-10(11,12)13/h3,14H,4H2,1-2H3,(H,15,19)(H,17,18). The van der Waals surface area contributed by atoms with E-state index in [0.29, 0.717) is 10.6 Å². The molecule has 19 heavy (non-hydrogen) atoms. The Labute approximate surface area is 106 Å². The molecule has 1 aromatic rings. The number of H-pyrrole nitrogens is 1. The highest BCUT2D eigenvalue weighted by Crippen LogP contribution is 2.19. The van der Waals surface area contributed by atoms with Gasteiger partial charge >= 0.3 is 18.2 Å². The van der Waals surface area contributed by atoms with Gasteiger partial charge in [-0.05, 0) is 13.0 Å². The van der Waals surface area contributed by atoms with Crippen LogP contribution in [-0.2, 0) is 0 Å². The van der Waals surface area contributed by atoms with E-state index < -0.39 is 24.7 Å². The number of carboxylic acid groups (broad SMARTS) is 1. The summed E-state index contributed by atoms with van der Waals surface area (Å²) in [5, 5.41) is 11.0. The number of amides is 2. The van der Waals surface area contributed by atoms with Gasteiger partial charge in [0.2, 0.25) is 0 Å². The molecule has 0 bridgehead atoms. The van der Waals surface area contributed by atoms with Gasteiger partial charge in [-0.15, -0.1) is 0 Å². The zero-order chi connectivity index (χ0) is 14.8. The summed E-state index contributed by atoms with van der Waals surface area (Å²) in [4.78, 5) is 25.2. The third-order valence-electron chi connectivity index (χ3n) is 2.17. The lowest BCUT2D eigenvalue weighted by atomic mass is 10.3. The van der Waals surface area contributed by atoms with Crippen molar-refractivity contribution in [3.8, 4) is 0 Å². The van der Waals surface area contributed by atoms with Crippen LogP contribution in [0.3, 0.4) is 0 Å². The van der Waals surface area contributed by atoms with Gasteiger partial charge in [-0.3, -0.25) is 0 Å². The minimum Gasteiger partial charge on any atom is -0.477 e. The van der Waals surface area contributed by atoms with Gasteiger partial charge < -0.3 is 20.3 Å². The molecule has 106 valence electrons. The number of aryl methyl sites for hydroxylation is 1. The van der Waals surface area contributed by atoms with Gasteiger partial charge in [-0.25, -0.2) is 9.59 Å². The van der Waals surface area contributed by atoms with E-state index in [4.69, 9.17) is 5.11 Å². The SMILES string of the molecule is Cc1cc(NC(=O)N(C)CC(F)(F)F)c(C(=O)O)[nH]1. The van der Waals surface area contributed by atoms with Crippen LogP contribution in [-0.4, -0.2) is 46.8 Å². The molecule has 6 nitrogen and oxygen atoms in total. The second-order valence-electron chi connectivity index (χ2n) is 3.95. The van der Waals surface area contributed by atoms with Gasteiger partial charge in [-0.2, -0.15) is 13.2 Å². The fraction of sp³-hybridized carbons (Fsp3) is 0.400. The lowest BCUT2D eigenvalue weighted by Crippen LogP contribution is -2.38. The molecule has 0 saturated carbocycles. The summed E-state index contributed by atoms with van der Waals surface area (Å²) < 4.78 is 36.3. The zero-order valence-electron chi connectivity index (χ0n) is 10.1. The molecular weight excluding hydrogens is 267 g/mol. The van der Waals surface area contributed by atoms with Crippen LogP contribution < -0.4 is 5.32 Å². The molecule has 0 atom stereocenters. The molecule has 0 aliphatic carbocycles. The normalized spacial score (nSPS) is 11.2. The number of alkyl halides is 3. The van der Waals surface area contributed by atoms with Gasteiger partial charge in [0.15, 0.2) is 0 Å². The molecule has 9 heteroatoms. The minimum atomic E-state index is -4.52. The first kappa shape index (κ1) is 14.9. The second kappa shape index (κ2) is 5.21. The number of nitrogens with zero attached hydrogens (tertiary/aromatic N) is 1. The Morgan fingerprint density at radius 3 is 2.53 bits per heavy atom.